The Morgan fingerprint density at radius 3 is 1.96 bits per heavy atom. The molecule has 3 aromatic rings. The molecular weight excluding hydrogens is 331 g/mol. The lowest BCUT2D eigenvalue weighted by Crippen LogP contribution is -2.33. The molecule has 126 valence electrons. The van der Waals surface area contributed by atoms with Gasteiger partial charge in [0.05, 0.1) is 6.04 Å². The maximum Gasteiger partial charge on any atom is 0.171 e. The molecule has 0 spiro atoms. The van der Waals surface area contributed by atoms with Gasteiger partial charge in [0.25, 0.3) is 0 Å². The van der Waals surface area contributed by atoms with Crippen molar-refractivity contribution in [2.75, 3.05) is 5.32 Å². The van der Waals surface area contributed by atoms with Crippen molar-refractivity contribution in [2.45, 2.75) is 13.0 Å². The van der Waals surface area contributed by atoms with Crippen molar-refractivity contribution in [3.8, 4) is 0 Å². The Morgan fingerprint density at radius 2 is 1.44 bits per heavy atom. The van der Waals surface area contributed by atoms with Gasteiger partial charge in [-0.1, -0.05) is 66.7 Å². The summed E-state index contributed by atoms with van der Waals surface area (Å²) < 4.78 is 13.7. The van der Waals surface area contributed by atoms with Crippen molar-refractivity contribution in [1.29, 1.82) is 0 Å². The maximum atomic E-state index is 13.7. The number of anilines is 1. The summed E-state index contributed by atoms with van der Waals surface area (Å²) in [6, 6.07) is 25.1. The fraction of sp³-hybridized carbons (Fsp3) is 0.0952. The first-order valence-electron chi connectivity index (χ1n) is 8.07. The Morgan fingerprint density at radius 1 is 0.880 bits per heavy atom. The Bertz CT molecular complexity index is 811. The van der Waals surface area contributed by atoms with Crippen LogP contribution in [0.4, 0.5) is 10.1 Å². The van der Waals surface area contributed by atoms with E-state index < -0.39 is 0 Å². The van der Waals surface area contributed by atoms with Gasteiger partial charge in [-0.25, -0.2) is 4.39 Å². The Hall–Kier alpha value is -2.72. The molecule has 0 heterocycles. The third kappa shape index (κ3) is 4.43. The van der Waals surface area contributed by atoms with Crippen molar-refractivity contribution in [3.05, 3.63) is 101 Å². The number of hydrogen-bond donors (Lipinski definition) is 2. The quantitative estimate of drug-likeness (QED) is 0.632. The minimum Gasteiger partial charge on any atom is -0.352 e. The van der Waals surface area contributed by atoms with Crippen LogP contribution >= 0.6 is 12.2 Å². The lowest BCUT2D eigenvalue weighted by Gasteiger charge is -2.22. The minimum absolute atomic E-state index is 0.0855. The number of rotatable bonds is 4. The molecule has 0 saturated carbocycles. The smallest absolute Gasteiger partial charge is 0.171 e. The molecule has 3 rings (SSSR count). The van der Waals surface area contributed by atoms with Crippen LogP contribution in [0.5, 0.6) is 0 Å². The maximum absolute atomic E-state index is 13.7. The first kappa shape index (κ1) is 17.1. The predicted molar refractivity (Wildman–Crippen MR) is 105 cm³/mol. The fourth-order valence-electron chi connectivity index (χ4n) is 2.62. The summed E-state index contributed by atoms with van der Waals surface area (Å²) in [4.78, 5) is 0. The van der Waals surface area contributed by atoms with Crippen LogP contribution in [0.1, 0.15) is 22.7 Å². The Balaban J connectivity index is 1.80. The van der Waals surface area contributed by atoms with E-state index in [1.807, 2.05) is 42.5 Å². The summed E-state index contributed by atoms with van der Waals surface area (Å²) in [6.07, 6.45) is 0. The molecule has 0 saturated heterocycles. The lowest BCUT2D eigenvalue weighted by atomic mass is 9.99. The van der Waals surface area contributed by atoms with E-state index in [0.29, 0.717) is 16.4 Å². The minimum atomic E-state index is -0.254. The molecule has 4 heteroatoms. The van der Waals surface area contributed by atoms with Gasteiger partial charge in [0.15, 0.2) is 5.11 Å². The number of aryl methyl sites for hydroxylation is 1. The zero-order valence-corrected chi connectivity index (χ0v) is 14.7. The molecule has 0 unspecified atom stereocenters. The van der Waals surface area contributed by atoms with Crippen LogP contribution < -0.4 is 10.6 Å². The van der Waals surface area contributed by atoms with E-state index >= 15 is 0 Å². The van der Waals surface area contributed by atoms with Crippen LogP contribution in [0.3, 0.4) is 0 Å². The molecular formula is C21H19FN2S. The van der Waals surface area contributed by atoms with Gasteiger partial charge < -0.3 is 10.6 Å². The molecule has 0 bridgehead atoms. The van der Waals surface area contributed by atoms with Crippen LogP contribution in [0.2, 0.25) is 0 Å². The summed E-state index contributed by atoms with van der Waals surface area (Å²) in [5, 5.41) is 6.84. The van der Waals surface area contributed by atoms with Gasteiger partial charge in [0.1, 0.15) is 5.82 Å². The predicted octanol–water partition coefficient (Wildman–Crippen LogP) is 5.21. The van der Waals surface area contributed by atoms with Gasteiger partial charge >= 0.3 is 0 Å². The summed E-state index contributed by atoms with van der Waals surface area (Å²) in [6.45, 7) is 1.73. The van der Waals surface area contributed by atoms with Gasteiger partial charge in [-0.2, -0.15) is 0 Å². The van der Waals surface area contributed by atoms with Crippen molar-refractivity contribution in [3.63, 3.8) is 0 Å². The number of halogens is 1. The highest BCUT2D eigenvalue weighted by Gasteiger charge is 2.15. The van der Waals surface area contributed by atoms with E-state index in [-0.39, 0.29) is 11.9 Å². The van der Waals surface area contributed by atoms with Gasteiger partial charge in [-0.15, -0.1) is 0 Å². The normalized spacial score (nSPS) is 10.5. The Kier molecular flexibility index (Phi) is 5.41. The van der Waals surface area contributed by atoms with Crippen molar-refractivity contribution >= 4 is 23.0 Å². The van der Waals surface area contributed by atoms with E-state index in [1.165, 1.54) is 6.07 Å². The summed E-state index contributed by atoms with van der Waals surface area (Å²) in [5.74, 6) is -0.254. The summed E-state index contributed by atoms with van der Waals surface area (Å²) in [5.41, 5.74) is 3.44. The molecule has 0 fully saturated rings. The zero-order valence-electron chi connectivity index (χ0n) is 13.9. The largest absolute Gasteiger partial charge is 0.352 e. The molecule has 2 N–H and O–H groups in total. The fourth-order valence-corrected chi connectivity index (χ4v) is 2.85. The highest BCUT2D eigenvalue weighted by molar-refractivity contribution is 7.80. The highest BCUT2D eigenvalue weighted by Crippen LogP contribution is 2.22. The second-order valence-corrected chi connectivity index (χ2v) is 6.23. The second-order valence-electron chi connectivity index (χ2n) is 5.82. The number of thiocarbonyl (C=S) groups is 1. The Labute approximate surface area is 152 Å². The van der Waals surface area contributed by atoms with Crippen molar-refractivity contribution < 1.29 is 4.39 Å². The second kappa shape index (κ2) is 7.90. The molecule has 0 radical (unpaired) electrons. The number of benzene rings is 3. The van der Waals surface area contributed by atoms with Gasteiger partial charge in [0.2, 0.25) is 0 Å². The van der Waals surface area contributed by atoms with Gasteiger partial charge in [-0.3, -0.25) is 0 Å². The van der Waals surface area contributed by atoms with Crippen LogP contribution in [0, 0.1) is 12.7 Å². The van der Waals surface area contributed by atoms with Crippen LogP contribution in [-0.2, 0) is 0 Å². The molecule has 2 nitrogen and oxygen atoms in total. The average Bonchev–Trinajstić information content (AvgIpc) is 2.64. The van der Waals surface area contributed by atoms with E-state index in [0.717, 1.165) is 11.1 Å². The van der Waals surface area contributed by atoms with E-state index in [4.69, 9.17) is 12.2 Å². The SMILES string of the molecule is Cc1ccc(NC(=S)NC(c2ccccc2)c2ccccc2)cc1F. The molecule has 0 aliphatic rings. The average molecular weight is 350 g/mol. The molecule has 0 aliphatic carbocycles. The van der Waals surface area contributed by atoms with Crippen LogP contribution in [0.15, 0.2) is 78.9 Å². The summed E-state index contributed by atoms with van der Waals surface area (Å²) >= 11 is 5.44. The number of hydrogen-bond acceptors (Lipinski definition) is 1. The topological polar surface area (TPSA) is 24.1 Å². The lowest BCUT2D eigenvalue weighted by molar-refractivity contribution is 0.619. The van der Waals surface area contributed by atoms with Crippen LogP contribution in [-0.4, -0.2) is 5.11 Å². The molecule has 0 amide bonds. The molecule has 3 aromatic carbocycles. The zero-order chi connectivity index (χ0) is 17.6. The summed E-state index contributed by atoms with van der Waals surface area (Å²) in [7, 11) is 0. The number of nitrogens with one attached hydrogen (secondary N) is 2. The van der Waals surface area contributed by atoms with E-state index in [9.17, 15) is 4.39 Å². The standard InChI is InChI=1S/C21H19FN2S/c1-15-12-13-18(14-19(15)22)23-21(25)24-20(16-8-4-2-5-9-16)17-10-6-3-7-11-17/h2-14,20H,1H3,(H2,23,24,25). The highest BCUT2D eigenvalue weighted by atomic mass is 32.1. The van der Waals surface area contributed by atoms with Crippen molar-refractivity contribution in [1.82, 2.24) is 5.32 Å². The van der Waals surface area contributed by atoms with Gasteiger partial charge in [0, 0.05) is 5.69 Å². The molecule has 0 atom stereocenters. The first-order valence-corrected chi connectivity index (χ1v) is 8.48. The van der Waals surface area contributed by atoms with E-state index in [2.05, 4.69) is 34.9 Å². The molecule has 25 heavy (non-hydrogen) atoms. The van der Waals surface area contributed by atoms with Gasteiger partial charge in [-0.05, 0) is 48.0 Å². The third-order valence-electron chi connectivity index (χ3n) is 3.97. The van der Waals surface area contributed by atoms with E-state index in [1.54, 1.807) is 13.0 Å². The van der Waals surface area contributed by atoms with Crippen molar-refractivity contribution in [2.24, 2.45) is 0 Å². The molecule has 0 aromatic heterocycles. The third-order valence-corrected chi connectivity index (χ3v) is 4.19. The van der Waals surface area contributed by atoms with Crippen LogP contribution in [0.25, 0.3) is 0 Å². The monoisotopic (exact) mass is 350 g/mol. The molecule has 0 aliphatic heterocycles. The first-order chi connectivity index (χ1) is 12.1.